The summed E-state index contributed by atoms with van der Waals surface area (Å²) in [6.07, 6.45) is 0. The molecule has 0 aliphatic heterocycles. The molecule has 0 radical (unpaired) electrons. The third-order valence-electron chi connectivity index (χ3n) is 3.57. The van der Waals surface area contributed by atoms with Crippen molar-refractivity contribution in [2.24, 2.45) is 0 Å². The predicted octanol–water partition coefficient (Wildman–Crippen LogP) is 5.94. The van der Waals surface area contributed by atoms with Crippen LogP contribution >= 0.6 is 27.5 Å². The number of benzene rings is 3. The minimum atomic E-state index is -0.186. The highest BCUT2D eigenvalue weighted by Gasteiger charge is 2.15. The Morgan fingerprint density at radius 2 is 1.57 bits per heavy atom. The van der Waals surface area contributed by atoms with Crippen molar-refractivity contribution in [2.75, 3.05) is 7.11 Å². The van der Waals surface area contributed by atoms with Gasteiger partial charge < -0.3 is 4.74 Å². The maximum Gasteiger partial charge on any atom is 0.126 e. The lowest BCUT2D eigenvalue weighted by Gasteiger charge is -2.15. The Bertz CT molecular complexity index is 768. The maximum absolute atomic E-state index is 6.70. The fourth-order valence-electron chi connectivity index (χ4n) is 2.51. The van der Waals surface area contributed by atoms with Crippen molar-refractivity contribution >= 4 is 38.3 Å². The van der Waals surface area contributed by atoms with Gasteiger partial charge in [-0.15, -0.1) is 11.6 Å². The SMILES string of the molecule is COc1ccc(C(Cl)c2ccc(Br)cc2)c2ccccc12. The van der Waals surface area contributed by atoms with E-state index in [-0.39, 0.29) is 5.38 Å². The molecule has 3 heteroatoms. The largest absolute Gasteiger partial charge is 0.496 e. The zero-order valence-corrected chi connectivity index (χ0v) is 13.9. The van der Waals surface area contributed by atoms with Crippen LogP contribution in [0.4, 0.5) is 0 Å². The first-order valence-electron chi connectivity index (χ1n) is 6.66. The van der Waals surface area contributed by atoms with Gasteiger partial charge in [0, 0.05) is 9.86 Å². The highest BCUT2D eigenvalue weighted by Crippen LogP contribution is 2.37. The number of halogens is 2. The van der Waals surface area contributed by atoms with Crippen molar-refractivity contribution in [2.45, 2.75) is 5.38 Å². The number of alkyl halides is 1. The van der Waals surface area contributed by atoms with Gasteiger partial charge in [-0.2, -0.15) is 0 Å². The smallest absolute Gasteiger partial charge is 0.126 e. The molecule has 21 heavy (non-hydrogen) atoms. The molecule has 0 bridgehead atoms. The Kier molecular flexibility index (Phi) is 4.18. The first-order chi connectivity index (χ1) is 10.2. The lowest BCUT2D eigenvalue weighted by Crippen LogP contribution is -1.96. The van der Waals surface area contributed by atoms with Gasteiger partial charge in [0.1, 0.15) is 5.75 Å². The molecule has 0 saturated carbocycles. The Morgan fingerprint density at radius 1 is 0.905 bits per heavy atom. The van der Waals surface area contributed by atoms with Crippen LogP contribution in [0.2, 0.25) is 0 Å². The van der Waals surface area contributed by atoms with Gasteiger partial charge in [-0.25, -0.2) is 0 Å². The second kappa shape index (κ2) is 6.08. The number of hydrogen-bond donors (Lipinski definition) is 0. The Labute approximate surface area is 137 Å². The van der Waals surface area contributed by atoms with Gasteiger partial charge in [0.25, 0.3) is 0 Å². The Balaban J connectivity index is 2.14. The van der Waals surface area contributed by atoms with E-state index in [0.717, 1.165) is 32.1 Å². The monoisotopic (exact) mass is 360 g/mol. The molecule has 0 spiro atoms. The van der Waals surface area contributed by atoms with Gasteiger partial charge in [-0.1, -0.05) is 58.4 Å². The average Bonchev–Trinajstić information content (AvgIpc) is 2.54. The van der Waals surface area contributed by atoms with Crippen LogP contribution in [0.15, 0.2) is 65.1 Å². The number of rotatable bonds is 3. The van der Waals surface area contributed by atoms with Gasteiger partial charge in [-0.3, -0.25) is 0 Å². The molecule has 1 nitrogen and oxygen atoms in total. The van der Waals surface area contributed by atoms with E-state index >= 15 is 0 Å². The van der Waals surface area contributed by atoms with E-state index in [1.807, 2.05) is 48.5 Å². The van der Waals surface area contributed by atoms with E-state index in [0.29, 0.717) is 0 Å². The molecule has 1 unspecified atom stereocenters. The zero-order valence-electron chi connectivity index (χ0n) is 11.5. The highest BCUT2D eigenvalue weighted by atomic mass is 79.9. The summed E-state index contributed by atoms with van der Waals surface area (Å²) in [5.41, 5.74) is 2.17. The van der Waals surface area contributed by atoms with Crippen LogP contribution < -0.4 is 4.74 Å². The number of hydrogen-bond acceptors (Lipinski definition) is 1. The molecule has 0 aliphatic carbocycles. The third kappa shape index (κ3) is 2.78. The van der Waals surface area contributed by atoms with Crippen molar-refractivity contribution in [3.63, 3.8) is 0 Å². The molecule has 0 fully saturated rings. The molecule has 0 heterocycles. The second-order valence-electron chi connectivity index (χ2n) is 4.82. The fourth-order valence-corrected chi connectivity index (χ4v) is 3.11. The first-order valence-corrected chi connectivity index (χ1v) is 7.89. The number of fused-ring (bicyclic) bond motifs is 1. The van der Waals surface area contributed by atoms with E-state index < -0.39 is 0 Å². The standard InChI is InChI=1S/C18H14BrClO/c1-21-17-11-10-16(14-4-2-3-5-15(14)17)18(20)12-6-8-13(19)9-7-12/h2-11,18H,1H3. The topological polar surface area (TPSA) is 9.23 Å². The van der Waals surface area contributed by atoms with Gasteiger partial charge >= 0.3 is 0 Å². The third-order valence-corrected chi connectivity index (χ3v) is 4.59. The Hall–Kier alpha value is -1.51. The van der Waals surface area contributed by atoms with E-state index in [2.05, 4.69) is 28.1 Å². The lowest BCUT2D eigenvalue weighted by atomic mass is 9.97. The molecule has 0 saturated heterocycles. The lowest BCUT2D eigenvalue weighted by molar-refractivity contribution is 0.419. The molecular weight excluding hydrogens is 348 g/mol. The first kappa shape index (κ1) is 14.4. The molecule has 3 aromatic rings. The van der Waals surface area contributed by atoms with Crippen LogP contribution in [0.5, 0.6) is 5.75 Å². The minimum Gasteiger partial charge on any atom is -0.496 e. The maximum atomic E-state index is 6.70. The minimum absolute atomic E-state index is 0.186. The summed E-state index contributed by atoms with van der Waals surface area (Å²) in [7, 11) is 1.69. The van der Waals surface area contributed by atoms with Crippen LogP contribution in [0, 0.1) is 0 Å². The summed E-state index contributed by atoms with van der Waals surface area (Å²) in [5, 5.41) is 2.02. The molecular formula is C18H14BrClO. The molecule has 3 aromatic carbocycles. The molecule has 1 atom stereocenters. The molecule has 3 rings (SSSR count). The summed E-state index contributed by atoms with van der Waals surface area (Å²) in [4.78, 5) is 0. The van der Waals surface area contributed by atoms with Crippen LogP contribution in [0.25, 0.3) is 10.8 Å². The predicted molar refractivity (Wildman–Crippen MR) is 92.3 cm³/mol. The van der Waals surface area contributed by atoms with E-state index in [1.54, 1.807) is 7.11 Å². The summed E-state index contributed by atoms with van der Waals surface area (Å²) in [6, 6.07) is 20.3. The van der Waals surface area contributed by atoms with Crippen molar-refractivity contribution in [3.8, 4) is 5.75 Å². The van der Waals surface area contributed by atoms with E-state index in [9.17, 15) is 0 Å². The quantitative estimate of drug-likeness (QED) is 0.525. The molecule has 0 aliphatic rings. The van der Waals surface area contributed by atoms with Crippen molar-refractivity contribution in [3.05, 3.63) is 76.3 Å². The van der Waals surface area contributed by atoms with Crippen molar-refractivity contribution in [1.82, 2.24) is 0 Å². The molecule has 0 amide bonds. The van der Waals surface area contributed by atoms with Crippen LogP contribution in [-0.2, 0) is 0 Å². The fraction of sp³-hybridized carbons (Fsp3) is 0.111. The number of ether oxygens (including phenoxy) is 1. The van der Waals surface area contributed by atoms with Crippen molar-refractivity contribution in [1.29, 1.82) is 0 Å². The van der Waals surface area contributed by atoms with Crippen LogP contribution in [0.3, 0.4) is 0 Å². The van der Waals surface area contributed by atoms with Crippen molar-refractivity contribution < 1.29 is 4.74 Å². The van der Waals surface area contributed by atoms with Gasteiger partial charge in [0.15, 0.2) is 0 Å². The second-order valence-corrected chi connectivity index (χ2v) is 6.17. The highest BCUT2D eigenvalue weighted by molar-refractivity contribution is 9.10. The Morgan fingerprint density at radius 3 is 2.24 bits per heavy atom. The summed E-state index contributed by atoms with van der Waals surface area (Å²) >= 11 is 10.2. The normalized spacial score (nSPS) is 12.3. The van der Waals surface area contributed by atoms with Gasteiger partial charge in [-0.05, 0) is 34.7 Å². The summed E-state index contributed by atoms with van der Waals surface area (Å²) in [5.74, 6) is 0.869. The summed E-state index contributed by atoms with van der Waals surface area (Å²) in [6.45, 7) is 0. The van der Waals surface area contributed by atoms with Gasteiger partial charge in [0.05, 0.1) is 12.5 Å². The van der Waals surface area contributed by atoms with E-state index in [4.69, 9.17) is 16.3 Å². The molecule has 0 N–H and O–H groups in total. The molecule has 106 valence electrons. The van der Waals surface area contributed by atoms with E-state index in [1.165, 1.54) is 0 Å². The van der Waals surface area contributed by atoms with Crippen LogP contribution in [-0.4, -0.2) is 7.11 Å². The van der Waals surface area contributed by atoms with Crippen LogP contribution in [0.1, 0.15) is 16.5 Å². The number of methoxy groups -OCH3 is 1. The summed E-state index contributed by atoms with van der Waals surface area (Å²) < 4.78 is 6.49. The molecule has 0 aromatic heterocycles. The van der Waals surface area contributed by atoms with Gasteiger partial charge in [0.2, 0.25) is 0 Å². The zero-order chi connectivity index (χ0) is 14.8. The average molecular weight is 362 g/mol.